The van der Waals surface area contributed by atoms with Crippen LogP contribution in [0.5, 0.6) is 0 Å². The second kappa shape index (κ2) is 3.63. The van der Waals surface area contributed by atoms with Gasteiger partial charge in [-0.25, -0.2) is 4.98 Å². The molecule has 0 fully saturated rings. The lowest BCUT2D eigenvalue weighted by Crippen LogP contribution is -1.83. The molecule has 3 rings (SSSR count). The average molecular weight is 224 g/mol. The highest BCUT2D eigenvalue weighted by molar-refractivity contribution is 5.77. The summed E-state index contributed by atoms with van der Waals surface area (Å²) in [7, 11) is 0. The normalized spacial score (nSPS) is 10.9. The Kier molecular flexibility index (Phi) is 2.11. The van der Waals surface area contributed by atoms with Crippen molar-refractivity contribution in [3.05, 3.63) is 48.0 Å². The third-order valence-electron chi connectivity index (χ3n) is 2.70. The molecule has 0 amide bonds. The van der Waals surface area contributed by atoms with Crippen LogP contribution in [0.3, 0.4) is 0 Å². The Bertz CT molecular complexity index is 668. The van der Waals surface area contributed by atoms with Crippen LogP contribution in [0.15, 0.2) is 46.9 Å². The number of aromatic nitrogens is 1. The van der Waals surface area contributed by atoms with Gasteiger partial charge in [0.2, 0.25) is 5.89 Å². The van der Waals surface area contributed by atoms with Crippen molar-refractivity contribution >= 4 is 16.8 Å². The first kappa shape index (κ1) is 9.90. The number of nitrogens with two attached hydrogens (primary N) is 1. The largest absolute Gasteiger partial charge is 0.436 e. The topological polar surface area (TPSA) is 52.0 Å². The van der Waals surface area contributed by atoms with E-state index in [4.69, 9.17) is 10.2 Å². The minimum atomic E-state index is 0.630. The molecule has 3 aromatic rings. The maximum atomic E-state index is 5.70. The monoisotopic (exact) mass is 224 g/mol. The molecule has 2 aromatic carbocycles. The zero-order chi connectivity index (χ0) is 11.8. The fourth-order valence-corrected chi connectivity index (χ4v) is 1.79. The molecule has 0 aliphatic carbocycles. The Hall–Kier alpha value is -2.29. The van der Waals surface area contributed by atoms with Crippen molar-refractivity contribution in [3.8, 4) is 11.5 Å². The number of anilines is 1. The van der Waals surface area contributed by atoms with E-state index >= 15 is 0 Å². The minimum absolute atomic E-state index is 0.630. The summed E-state index contributed by atoms with van der Waals surface area (Å²) in [6, 6.07) is 13.5. The molecule has 0 radical (unpaired) electrons. The van der Waals surface area contributed by atoms with Crippen LogP contribution in [-0.2, 0) is 0 Å². The summed E-state index contributed by atoms with van der Waals surface area (Å²) in [6.45, 7) is 2.04. The van der Waals surface area contributed by atoms with E-state index in [1.807, 2.05) is 49.4 Å². The molecule has 84 valence electrons. The van der Waals surface area contributed by atoms with E-state index in [2.05, 4.69) is 4.98 Å². The number of nitrogens with zero attached hydrogens (tertiary/aromatic N) is 1. The SMILES string of the molecule is Cc1ccc2oc(-c3ccc(N)cc3)nc2c1. The molecular weight excluding hydrogens is 212 g/mol. The summed E-state index contributed by atoms with van der Waals surface area (Å²) in [5.41, 5.74) is 10.2. The first-order valence-corrected chi connectivity index (χ1v) is 5.45. The van der Waals surface area contributed by atoms with Gasteiger partial charge in [-0.1, -0.05) is 6.07 Å². The second-order valence-corrected chi connectivity index (χ2v) is 4.11. The fourth-order valence-electron chi connectivity index (χ4n) is 1.79. The molecule has 0 saturated carbocycles. The predicted molar refractivity (Wildman–Crippen MR) is 68.6 cm³/mol. The van der Waals surface area contributed by atoms with Gasteiger partial charge in [0.15, 0.2) is 5.58 Å². The van der Waals surface area contributed by atoms with Crippen LogP contribution in [-0.4, -0.2) is 4.98 Å². The van der Waals surface area contributed by atoms with E-state index in [1.54, 1.807) is 0 Å². The third-order valence-corrected chi connectivity index (χ3v) is 2.70. The number of hydrogen-bond acceptors (Lipinski definition) is 3. The van der Waals surface area contributed by atoms with Gasteiger partial charge in [0.1, 0.15) is 5.52 Å². The Labute approximate surface area is 98.9 Å². The van der Waals surface area contributed by atoms with Gasteiger partial charge in [0, 0.05) is 11.3 Å². The summed E-state index contributed by atoms with van der Waals surface area (Å²) in [4.78, 5) is 4.47. The van der Waals surface area contributed by atoms with Gasteiger partial charge < -0.3 is 10.2 Å². The smallest absolute Gasteiger partial charge is 0.227 e. The zero-order valence-corrected chi connectivity index (χ0v) is 9.47. The number of rotatable bonds is 1. The lowest BCUT2D eigenvalue weighted by molar-refractivity contribution is 0.620. The first-order valence-electron chi connectivity index (χ1n) is 5.45. The molecule has 0 atom stereocenters. The van der Waals surface area contributed by atoms with Gasteiger partial charge in [0.25, 0.3) is 0 Å². The Balaban J connectivity index is 2.14. The van der Waals surface area contributed by atoms with Crippen molar-refractivity contribution in [2.24, 2.45) is 0 Å². The van der Waals surface area contributed by atoms with Crippen LogP contribution in [0.25, 0.3) is 22.6 Å². The Morgan fingerprint density at radius 3 is 2.59 bits per heavy atom. The molecule has 0 aliphatic rings. The van der Waals surface area contributed by atoms with Gasteiger partial charge in [-0.05, 0) is 48.9 Å². The van der Waals surface area contributed by atoms with E-state index in [-0.39, 0.29) is 0 Å². The fraction of sp³-hybridized carbons (Fsp3) is 0.0714. The standard InChI is InChI=1S/C14H12N2O/c1-9-2-7-13-12(8-9)16-14(17-13)10-3-5-11(15)6-4-10/h2-8H,15H2,1H3. The van der Waals surface area contributed by atoms with Crippen LogP contribution < -0.4 is 5.73 Å². The molecule has 1 aromatic heterocycles. The lowest BCUT2D eigenvalue weighted by atomic mass is 10.2. The highest BCUT2D eigenvalue weighted by atomic mass is 16.3. The molecule has 1 heterocycles. The van der Waals surface area contributed by atoms with Crippen LogP contribution in [0.4, 0.5) is 5.69 Å². The highest BCUT2D eigenvalue weighted by Gasteiger charge is 2.07. The molecule has 0 bridgehead atoms. The van der Waals surface area contributed by atoms with Gasteiger partial charge in [-0.2, -0.15) is 0 Å². The Morgan fingerprint density at radius 1 is 1.06 bits per heavy atom. The minimum Gasteiger partial charge on any atom is -0.436 e. The van der Waals surface area contributed by atoms with E-state index in [1.165, 1.54) is 5.56 Å². The summed E-state index contributed by atoms with van der Waals surface area (Å²) in [5.74, 6) is 0.630. The van der Waals surface area contributed by atoms with Gasteiger partial charge in [-0.15, -0.1) is 0 Å². The molecule has 0 unspecified atom stereocenters. The molecule has 17 heavy (non-hydrogen) atoms. The maximum Gasteiger partial charge on any atom is 0.227 e. The number of benzene rings is 2. The van der Waals surface area contributed by atoms with Crippen molar-refractivity contribution in [1.29, 1.82) is 0 Å². The van der Waals surface area contributed by atoms with Crippen molar-refractivity contribution in [3.63, 3.8) is 0 Å². The Morgan fingerprint density at radius 2 is 1.82 bits per heavy atom. The predicted octanol–water partition coefficient (Wildman–Crippen LogP) is 3.39. The lowest BCUT2D eigenvalue weighted by Gasteiger charge is -1.95. The number of nitrogen functional groups attached to an aromatic ring is 1. The van der Waals surface area contributed by atoms with E-state index in [0.29, 0.717) is 5.89 Å². The molecule has 3 nitrogen and oxygen atoms in total. The summed E-state index contributed by atoms with van der Waals surface area (Å²) < 4.78 is 5.70. The van der Waals surface area contributed by atoms with Crippen LogP contribution >= 0.6 is 0 Å². The van der Waals surface area contributed by atoms with Crippen LogP contribution in [0, 0.1) is 6.92 Å². The van der Waals surface area contributed by atoms with Crippen LogP contribution in [0.1, 0.15) is 5.56 Å². The van der Waals surface area contributed by atoms with E-state index in [9.17, 15) is 0 Å². The van der Waals surface area contributed by atoms with Crippen molar-refractivity contribution in [2.45, 2.75) is 6.92 Å². The molecule has 2 N–H and O–H groups in total. The van der Waals surface area contributed by atoms with Crippen molar-refractivity contribution in [2.75, 3.05) is 5.73 Å². The third kappa shape index (κ3) is 1.76. The number of oxazole rings is 1. The van der Waals surface area contributed by atoms with E-state index in [0.717, 1.165) is 22.4 Å². The molecule has 3 heteroatoms. The molecular formula is C14H12N2O. The number of aryl methyl sites for hydroxylation is 1. The average Bonchev–Trinajstić information content (AvgIpc) is 2.72. The van der Waals surface area contributed by atoms with Gasteiger partial charge >= 0.3 is 0 Å². The first-order chi connectivity index (χ1) is 8.22. The zero-order valence-electron chi connectivity index (χ0n) is 9.47. The quantitative estimate of drug-likeness (QED) is 0.644. The maximum absolute atomic E-state index is 5.70. The van der Waals surface area contributed by atoms with E-state index < -0.39 is 0 Å². The summed E-state index contributed by atoms with van der Waals surface area (Å²) >= 11 is 0. The van der Waals surface area contributed by atoms with Crippen molar-refractivity contribution in [1.82, 2.24) is 4.98 Å². The number of hydrogen-bond donors (Lipinski definition) is 1. The van der Waals surface area contributed by atoms with Gasteiger partial charge in [0.05, 0.1) is 0 Å². The highest BCUT2D eigenvalue weighted by Crippen LogP contribution is 2.25. The molecule has 0 spiro atoms. The van der Waals surface area contributed by atoms with Crippen LogP contribution in [0.2, 0.25) is 0 Å². The summed E-state index contributed by atoms with van der Waals surface area (Å²) in [6.07, 6.45) is 0. The number of fused-ring (bicyclic) bond motifs is 1. The summed E-state index contributed by atoms with van der Waals surface area (Å²) in [5, 5.41) is 0. The van der Waals surface area contributed by atoms with Gasteiger partial charge in [-0.3, -0.25) is 0 Å². The molecule has 0 aliphatic heterocycles. The van der Waals surface area contributed by atoms with Crippen molar-refractivity contribution < 1.29 is 4.42 Å². The second-order valence-electron chi connectivity index (χ2n) is 4.11. The molecule has 0 saturated heterocycles.